The van der Waals surface area contributed by atoms with Gasteiger partial charge in [0.05, 0.1) is 24.4 Å². The molecule has 2 rings (SSSR count). The van der Waals surface area contributed by atoms with E-state index in [0.29, 0.717) is 13.2 Å². The van der Waals surface area contributed by atoms with Crippen LogP contribution in [0.4, 0.5) is 0 Å². The summed E-state index contributed by atoms with van der Waals surface area (Å²) in [5.74, 6) is 1.74. The van der Waals surface area contributed by atoms with Gasteiger partial charge in [0.2, 0.25) is 0 Å². The van der Waals surface area contributed by atoms with Gasteiger partial charge in [-0.2, -0.15) is 0 Å². The number of aromatic nitrogens is 1. The first-order chi connectivity index (χ1) is 11.3. The Kier molecular flexibility index (Phi) is 10.4. The number of hydrogen-bond donors (Lipinski definition) is 2. The minimum absolute atomic E-state index is 0. The standard InChI is InChI=1S/C17H24N4OS.HI/c1-3-18-17(20-12-16-14(2)21-13-23-16)19-10-7-11-22-15-8-5-4-6-9-15;/h4-6,8-9,13H,3,7,10-12H2,1-2H3,(H2,18,19,20);1H. The highest BCUT2D eigenvalue weighted by Crippen LogP contribution is 2.12. The Morgan fingerprint density at radius 2 is 2.04 bits per heavy atom. The van der Waals surface area contributed by atoms with Crippen molar-refractivity contribution in [1.82, 2.24) is 15.6 Å². The number of para-hydroxylation sites is 1. The van der Waals surface area contributed by atoms with Crippen LogP contribution in [0.3, 0.4) is 0 Å². The molecule has 7 heteroatoms. The number of halogens is 1. The Bertz CT molecular complexity index is 604. The molecule has 0 aliphatic heterocycles. The van der Waals surface area contributed by atoms with Crippen LogP contribution in [0.25, 0.3) is 0 Å². The van der Waals surface area contributed by atoms with E-state index in [4.69, 9.17) is 4.74 Å². The molecule has 0 aliphatic carbocycles. The largest absolute Gasteiger partial charge is 0.494 e. The average molecular weight is 460 g/mol. The molecular weight excluding hydrogens is 435 g/mol. The summed E-state index contributed by atoms with van der Waals surface area (Å²) >= 11 is 1.65. The van der Waals surface area contributed by atoms with Crippen LogP contribution in [0.15, 0.2) is 40.8 Å². The fourth-order valence-electron chi connectivity index (χ4n) is 1.96. The van der Waals surface area contributed by atoms with Gasteiger partial charge in [-0.05, 0) is 32.4 Å². The summed E-state index contributed by atoms with van der Waals surface area (Å²) in [4.78, 5) is 10.0. The van der Waals surface area contributed by atoms with Crippen molar-refractivity contribution < 1.29 is 4.74 Å². The molecule has 0 spiro atoms. The minimum atomic E-state index is 0. The fraction of sp³-hybridized carbons (Fsp3) is 0.412. The number of aliphatic imine (C=N–C) groups is 1. The van der Waals surface area contributed by atoms with Crippen molar-refractivity contribution in [2.24, 2.45) is 4.99 Å². The SMILES string of the molecule is CCNC(=NCc1scnc1C)NCCCOc1ccccc1.I. The van der Waals surface area contributed by atoms with Crippen LogP contribution < -0.4 is 15.4 Å². The van der Waals surface area contributed by atoms with E-state index in [1.165, 1.54) is 4.88 Å². The molecule has 0 unspecified atom stereocenters. The monoisotopic (exact) mass is 460 g/mol. The lowest BCUT2D eigenvalue weighted by atomic mass is 10.3. The van der Waals surface area contributed by atoms with E-state index in [1.54, 1.807) is 11.3 Å². The number of guanidine groups is 1. The molecule has 0 saturated heterocycles. The number of ether oxygens (including phenoxy) is 1. The van der Waals surface area contributed by atoms with Crippen molar-refractivity contribution in [3.05, 3.63) is 46.4 Å². The highest BCUT2D eigenvalue weighted by molar-refractivity contribution is 14.0. The zero-order chi connectivity index (χ0) is 16.3. The summed E-state index contributed by atoms with van der Waals surface area (Å²) in [7, 11) is 0. The molecule has 0 radical (unpaired) electrons. The van der Waals surface area contributed by atoms with Crippen LogP contribution in [0.2, 0.25) is 0 Å². The predicted molar refractivity (Wildman–Crippen MR) is 112 cm³/mol. The number of benzene rings is 1. The van der Waals surface area contributed by atoms with Crippen molar-refractivity contribution in [1.29, 1.82) is 0 Å². The molecule has 0 atom stereocenters. The van der Waals surface area contributed by atoms with Gasteiger partial charge in [0.25, 0.3) is 0 Å². The number of aryl methyl sites for hydroxylation is 1. The lowest BCUT2D eigenvalue weighted by Crippen LogP contribution is -2.38. The molecule has 0 fully saturated rings. The van der Waals surface area contributed by atoms with Gasteiger partial charge in [-0.3, -0.25) is 0 Å². The summed E-state index contributed by atoms with van der Waals surface area (Å²) in [6.07, 6.45) is 0.916. The molecule has 132 valence electrons. The van der Waals surface area contributed by atoms with E-state index in [1.807, 2.05) is 42.8 Å². The summed E-state index contributed by atoms with van der Waals surface area (Å²) in [5.41, 5.74) is 2.92. The highest BCUT2D eigenvalue weighted by atomic mass is 127. The van der Waals surface area contributed by atoms with E-state index in [0.717, 1.165) is 36.9 Å². The van der Waals surface area contributed by atoms with Crippen LogP contribution in [0.1, 0.15) is 23.9 Å². The number of thiazole rings is 1. The molecule has 0 amide bonds. The van der Waals surface area contributed by atoms with Gasteiger partial charge in [0.1, 0.15) is 5.75 Å². The normalized spacial score (nSPS) is 10.8. The van der Waals surface area contributed by atoms with E-state index in [-0.39, 0.29) is 24.0 Å². The van der Waals surface area contributed by atoms with E-state index >= 15 is 0 Å². The smallest absolute Gasteiger partial charge is 0.191 e. The summed E-state index contributed by atoms with van der Waals surface area (Å²) < 4.78 is 5.68. The molecule has 0 aliphatic rings. The fourth-order valence-corrected chi connectivity index (χ4v) is 2.66. The van der Waals surface area contributed by atoms with Gasteiger partial charge in [0, 0.05) is 18.0 Å². The third kappa shape index (κ3) is 7.48. The number of rotatable bonds is 8. The Morgan fingerprint density at radius 3 is 2.71 bits per heavy atom. The lowest BCUT2D eigenvalue weighted by Gasteiger charge is -2.11. The van der Waals surface area contributed by atoms with Crippen molar-refractivity contribution in [2.75, 3.05) is 19.7 Å². The summed E-state index contributed by atoms with van der Waals surface area (Å²) in [6, 6.07) is 9.88. The Morgan fingerprint density at radius 1 is 1.25 bits per heavy atom. The second-order valence-electron chi connectivity index (χ2n) is 5.00. The van der Waals surface area contributed by atoms with Crippen LogP contribution >= 0.6 is 35.3 Å². The minimum Gasteiger partial charge on any atom is -0.494 e. The summed E-state index contributed by atoms with van der Waals surface area (Å²) in [5, 5.41) is 6.59. The maximum absolute atomic E-state index is 5.68. The second-order valence-corrected chi connectivity index (χ2v) is 5.94. The lowest BCUT2D eigenvalue weighted by molar-refractivity contribution is 0.311. The predicted octanol–water partition coefficient (Wildman–Crippen LogP) is 3.59. The average Bonchev–Trinajstić information content (AvgIpc) is 2.98. The van der Waals surface area contributed by atoms with Crippen molar-refractivity contribution >= 4 is 41.3 Å². The molecule has 1 heterocycles. The first-order valence-corrected chi connectivity index (χ1v) is 8.76. The summed E-state index contributed by atoms with van der Waals surface area (Å²) in [6.45, 7) is 7.08. The third-order valence-corrected chi connectivity index (χ3v) is 4.12. The van der Waals surface area contributed by atoms with Crippen LogP contribution in [-0.2, 0) is 6.54 Å². The van der Waals surface area contributed by atoms with Gasteiger partial charge >= 0.3 is 0 Å². The molecule has 2 aromatic rings. The van der Waals surface area contributed by atoms with Gasteiger partial charge in [-0.15, -0.1) is 35.3 Å². The zero-order valence-corrected chi connectivity index (χ0v) is 17.3. The Labute approximate surface area is 165 Å². The van der Waals surface area contributed by atoms with Gasteiger partial charge in [-0.1, -0.05) is 18.2 Å². The maximum Gasteiger partial charge on any atom is 0.191 e. The van der Waals surface area contributed by atoms with Crippen LogP contribution in [0, 0.1) is 6.92 Å². The van der Waals surface area contributed by atoms with Crippen molar-refractivity contribution in [3.63, 3.8) is 0 Å². The van der Waals surface area contributed by atoms with Gasteiger partial charge in [-0.25, -0.2) is 9.98 Å². The topological polar surface area (TPSA) is 58.5 Å². The van der Waals surface area contributed by atoms with Crippen molar-refractivity contribution in [2.45, 2.75) is 26.8 Å². The zero-order valence-electron chi connectivity index (χ0n) is 14.1. The van der Waals surface area contributed by atoms with E-state index < -0.39 is 0 Å². The molecular formula is C17H25IN4OS. The van der Waals surface area contributed by atoms with E-state index in [9.17, 15) is 0 Å². The number of nitrogens with zero attached hydrogens (tertiary/aromatic N) is 2. The molecule has 2 N–H and O–H groups in total. The third-order valence-electron chi connectivity index (χ3n) is 3.20. The van der Waals surface area contributed by atoms with Gasteiger partial charge < -0.3 is 15.4 Å². The molecule has 24 heavy (non-hydrogen) atoms. The first-order valence-electron chi connectivity index (χ1n) is 7.88. The molecule has 1 aromatic heterocycles. The maximum atomic E-state index is 5.68. The molecule has 0 saturated carbocycles. The van der Waals surface area contributed by atoms with Gasteiger partial charge in [0.15, 0.2) is 5.96 Å². The Balaban J connectivity index is 0.00000288. The van der Waals surface area contributed by atoms with Crippen molar-refractivity contribution in [3.8, 4) is 5.75 Å². The Hall–Kier alpha value is -1.35. The van der Waals surface area contributed by atoms with E-state index in [2.05, 4.69) is 27.5 Å². The molecule has 1 aromatic carbocycles. The number of hydrogen-bond acceptors (Lipinski definition) is 4. The molecule has 0 bridgehead atoms. The van der Waals surface area contributed by atoms with Crippen LogP contribution in [0.5, 0.6) is 5.75 Å². The van der Waals surface area contributed by atoms with Crippen LogP contribution in [-0.4, -0.2) is 30.6 Å². The first kappa shape index (κ1) is 20.7. The molecule has 5 nitrogen and oxygen atoms in total. The highest BCUT2D eigenvalue weighted by Gasteiger charge is 2.02. The number of nitrogens with one attached hydrogen (secondary N) is 2. The quantitative estimate of drug-likeness (QED) is 0.274. The second kappa shape index (κ2) is 12.1.